The number of imidazole rings is 1. The van der Waals surface area contributed by atoms with Crippen LogP contribution in [0.25, 0.3) is 17.8 Å². The van der Waals surface area contributed by atoms with E-state index in [9.17, 15) is 18.3 Å². The Bertz CT molecular complexity index is 3570. The number of morpholine rings is 2. The Morgan fingerprint density at radius 1 is 0.523 bits per heavy atom. The summed E-state index contributed by atoms with van der Waals surface area (Å²) in [6.45, 7) is 10.8. The number of aliphatic hydroxyl groups excluding tert-OH is 1. The standard InChI is InChI=1S/C27H25FN4O3.C22H23FN2O2.C14H15FN2O4.24K.2H/c1-17-11-31(16-29-17)23-9-4-19(21-7-8-22(21)23)10-25-26-30-34-12-24(18-2-5-20(28)6-3-18)32(26)13-27(35-25)14-33-15-27;1-22(15-26-16-22)14-25-20(18-8-10-19(23)11-9-18)13-27-24-21(25)12-7-17-5-3-2-4-6-17;15-10-3-1-9(2-4-10)11-5-20-16-12-13(18)21-14(6-17(11)12)7-19-8-14;;;;;;;;;;;;;;;;;;;;;;;;;;/h2-6,9-11,16,24H,7-8,12-15H2,1H3;2-12,20H,13-16H2,1H3;1-4,11,13,18H,5-8H2;;;;;;;;;;;;;;;;;;;;;;;;;;/q;;;;;;;;;;;;;;;;;;;;;;;;;2*+1;2*-1/b25-10-;12-7+;;;;;;;;;;;;;;;;;;;;;;;;;;;. The van der Waals surface area contributed by atoms with Gasteiger partial charge in [-0.3, -0.25) is 0 Å². The maximum absolute atomic E-state index is 13.6. The molecule has 9 heterocycles. The first kappa shape index (κ1) is 138. The summed E-state index contributed by atoms with van der Waals surface area (Å²) in [7, 11) is 0. The van der Waals surface area contributed by atoms with Gasteiger partial charge in [0.05, 0.1) is 82.9 Å². The van der Waals surface area contributed by atoms with Gasteiger partial charge < -0.3 is 65.4 Å². The van der Waals surface area contributed by atoms with Gasteiger partial charge in [0, 0.05) is 23.8 Å². The number of amidine groups is 3. The van der Waals surface area contributed by atoms with Gasteiger partial charge in [0.25, 0.3) is 0 Å². The third kappa shape index (κ3) is 49.9. The molecule has 9 aliphatic rings. The predicted molar refractivity (Wildman–Crippen MR) is 430 cm³/mol. The van der Waals surface area contributed by atoms with Gasteiger partial charge in [-0.2, -0.15) is 0 Å². The van der Waals surface area contributed by atoms with E-state index in [0.29, 0.717) is 76.8 Å². The van der Waals surface area contributed by atoms with E-state index in [1.54, 1.807) is 12.1 Å². The number of aliphatic hydroxyl groups is 1. The molecule has 0 radical (unpaired) electrons. The van der Waals surface area contributed by atoms with Crippen LogP contribution in [0.3, 0.4) is 0 Å². The number of aromatic nitrogens is 2. The molecule has 1 aromatic heterocycles. The first-order chi connectivity index (χ1) is 51.4. The molecule has 4 unspecified atom stereocenters. The number of hydrogen-bond acceptors (Lipinski definition) is 16. The number of hydrogen-bond donors (Lipinski definition) is 1. The Morgan fingerprint density at radius 3 is 1.42 bits per heavy atom. The number of rotatable bonds is 9. The Kier molecular flexibility index (Phi) is 112. The zero-order valence-corrected chi connectivity index (χ0v) is 145. The summed E-state index contributed by atoms with van der Waals surface area (Å²) in [4.78, 5) is 27.2. The topological polar surface area (TPSA) is 159 Å². The molecule has 1 aliphatic carbocycles. The summed E-state index contributed by atoms with van der Waals surface area (Å²) in [6, 6.07) is 33.7. The average Bonchev–Trinajstić information content (AvgIpc) is 1.38. The van der Waals surface area contributed by atoms with Gasteiger partial charge in [-0.25, -0.2) is 18.2 Å². The molecule has 8 aliphatic heterocycles. The third-order valence-corrected chi connectivity index (χ3v) is 16.4. The molecule has 5 fully saturated rings. The van der Waals surface area contributed by atoms with Crippen LogP contribution in [-0.2, 0) is 51.0 Å². The van der Waals surface area contributed by atoms with Crippen molar-refractivity contribution in [3.8, 4) is 5.69 Å². The fourth-order valence-corrected chi connectivity index (χ4v) is 11.8. The molecule has 6 aromatic rings. The van der Waals surface area contributed by atoms with Gasteiger partial charge in [0.2, 0.25) is 18.0 Å². The number of nitrogens with zero attached hydrogens (tertiary/aromatic N) is 8. The summed E-state index contributed by atoms with van der Waals surface area (Å²) in [5.41, 5.74) is 9.16. The van der Waals surface area contributed by atoms with Gasteiger partial charge >= 0.3 is 797 Å². The van der Waals surface area contributed by atoms with Gasteiger partial charge in [0.1, 0.15) is 42.9 Å². The Hall–Kier alpha value is 31.3. The van der Waals surface area contributed by atoms with Crippen molar-refractivity contribution in [3.63, 3.8) is 0 Å². The summed E-state index contributed by atoms with van der Waals surface area (Å²) in [5, 5.41) is 22.7. The fourth-order valence-electron chi connectivity index (χ4n) is 11.8. The Labute approximate surface area is 1220 Å². The van der Waals surface area contributed by atoms with E-state index in [4.69, 9.17) is 38.2 Å². The summed E-state index contributed by atoms with van der Waals surface area (Å²) in [6.07, 6.45) is 10.9. The molecule has 456 valence electrons. The van der Waals surface area contributed by atoms with Crippen LogP contribution < -0.4 is 103 Å². The molecule has 2 spiro atoms. The van der Waals surface area contributed by atoms with Gasteiger partial charge in [-0.1, -0.05) is 101 Å². The molecule has 17 nitrogen and oxygen atoms in total. The van der Waals surface area contributed by atoms with Crippen molar-refractivity contribution in [1.29, 1.82) is 0 Å². The molecule has 15 rings (SSSR count). The minimum absolute atomic E-state index is 0. The third-order valence-electron chi connectivity index (χ3n) is 16.4. The van der Waals surface area contributed by atoms with E-state index in [-0.39, 0.29) is 147 Å². The van der Waals surface area contributed by atoms with E-state index >= 15 is 0 Å². The van der Waals surface area contributed by atoms with Crippen LogP contribution in [0, 0.1) is 29.8 Å². The predicted octanol–water partition coefficient (Wildman–Crippen LogP) is -5.31. The molecule has 0 amide bonds. The molecule has 0 bridgehead atoms. The van der Waals surface area contributed by atoms with Gasteiger partial charge in [-0.15, -0.1) is 0 Å². The van der Waals surface area contributed by atoms with Crippen LogP contribution in [0.5, 0.6) is 0 Å². The second-order valence-electron chi connectivity index (χ2n) is 22.8. The Balaban J connectivity index is -0.00000137. The van der Waals surface area contributed by atoms with E-state index < -0.39 is 17.5 Å². The number of aryl methyl sites for hydroxylation is 1. The van der Waals surface area contributed by atoms with E-state index in [1.165, 1.54) is 748 Å². The number of oxime groups is 3. The van der Waals surface area contributed by atoms with Crippen molar-refractivity contribution in [2.75, 3.05) is 79.1 Å². The molecule has 5 saturated heterocycles. The van der Waals surface area contributed by atoms with E-state index in [1.807, 2.05) is 84.9 Å². The van der Waals surface area contributed by atoms with Crippen LogP contribution in [-0.4, -0.2) is 838 Å². The minimum atomic E-state index is -1.13. The van der Waals surface area contributed by atoms with Crippen molar-refractivity contribution in [1.82, 2.24) is 24.3 Å². The summed E-state index contributed by atoms with van der Waals surface area (Å²) in [5.74, 6) is 1.71. The summed E-state index contributed by atoms with van der Waals surface area (Å²) >= 11 is 27.5. The quantitative estimate of drug-likeness (QED) is 0.137. The second-order valence-corrected chi connectivity index (χ2v) is 22.8. The molecule has 44 heteroatoms. The molecular formula is C63H65F3K24N8O9. The van der Waals surface area contributed by atoms with Crippen molar-refractivity contribution < 1.29 is 162 Å². The van der Waals surface area contributed by atoms with E-state index in [2.05, 4.69) is 66.1 Å². The fraction of sp³-hybridized carbons (Fsp3) is 0.365. The summed E-state index contributed by atoms with van der Waals surface area (Å²) < 4.78 is 70.5. The first-order valence-electron chi connectivity index (χ1n) is 38.9. The molecule has 0 saturated carbocycles. The zero-order chi connectivity index (χ0) is 78.7. The second kappa shape index (κ2) is 86.9. The molecule has 5 aromatic carbocycles. The number of halogens is 3. The van der Waals surface area contributed by atoms with Crippen molar-refractivity contribution in [2.45, 2.75) is 62.3 Å². The molecule has 1 N–H and O–H groups in total. The van der Waals surface area contributed by atoms with Crippen molar-refractivity contribution in [3.05, 3.63) is 202 Å². The number of fused-ring (bicyclic) bond motifs is 3. The normalized spacial score (nSPS) is 19.7. The SMILES string of the molecule is CC1(CN2C(/C=C/c3ccccc3)=NOCC2c2ccc(F)cc2)COC1.Cc1cn(-c2ccc(/C=C3\OC4(COC4)CN4C3=NOCC4c3ccc(F)cc3)c3c2CC3)cn1.OC1OC2(COC2)CN2C1=NOCC2c1ccc(F)cc1.[H-].[H-].[K+].[K+].[K][K].[K][K].[K][K].[K][K].[K][K].[K][K].[K][K].[K][K].[K][K].[K][K].[K][K]. The van der Waals surface area contributed by atoms with Crippen LogP contribution in [0.4, 0.5) is 13.2 Å². The first-order valence-corrected chi connectivity index (χ1v) is 215. The number of benzene rings is 5. The van der Waals surface area contributed by atoms with Crippen molar-refractivity contribution in [2.24, 2.45) is 20.9 Å². The van der Waals surface area contributed by atoms with Crippen LogP contribution >= 0.6 is 0 Å². The van der Waals surface area contributed by atoms with Gasteiger partial charge in [-0.05, 0) is 113 Å². The maximum atomic E-state index is 13.6. The molecule has 107 heavy (non-hydrogen) atoms. The number of ether oxygens (including phenoxy) is 5. The van der Waals surface area contributed by atoms with Crippen LogP contribution in [0.15, 0.2) is 155 Å². The monoisotopic (exact) mass is 2070 g/mol. The zero-order valence-electron chi connectivity index (χ0n) is 72.0. The van der Waals surface area contributed by atoms with E-state index in [0.717, 1.165) is 71.9 Å². The average molecular weight is 2070 g/mol. The molecule has 4 atom stereocenters. The van der Waals surface area contributed by atoms with Crippen LogP contribution in [0.2, 0.25) is 0 Å². The molecular weight excluding hydrogens is 2010 g/mol. The van der Waals surface area contributed by atoms with Crippen molar-refractivity contribution >= 4 is 724 Å². The van der Waals surface area contributed by atoms with Gasteiger partial charge in [0.15, 0.2) is 17.2 Å². The Morgan fingerprint density at radius 2 is 0.972 bits per heavy atom. The van der Waals surface area contributed by atoms with Crippen LogP contribution in [0.1, 0.15) is 72.5 Å².